The molecule has 0 saturated heterocycles. The van der Waals surface area contributed by atoms with Crippen molar-refractivity contribution in [3.63, 3.8) is 0 Å². The van der Waals surface area contributed by atoms with Gasteiger partial charge in [-0.05, 0) is 37.6 Å². The third kappa shape index (κ3) is 2.24. The summed E-state index contributed by atoms with van der Waals surface area (Å²) in [7, 11) is 0. The van der Waals surface area contributed by atoms with Crippen molar-refractivity contribution < 1.29 is 9.84 Å². The monoisotopic (exact) mass is 257 g/mol. The molecule has 100 valence electrons. The molecule has 0 atom stereocenters. The Morgan fingerprint density at radius 1 is 1.32 bits per heavy atom. The number of aliphatic hydroxyl groups is 1. The third-order valence-electron chi connectivity index (χ3n) is 3.90. The van der Waals surface area contributed by atoms with Crippen molar-refractivity contribution in [3.05, 3.63) is 41.6 Å². The van der Waals surface area contributed by atoms with Gasteiger partial charge in [0.1, 0.15) is 0 Å². The van der Waals surface area contributed by atoms with E-state index in [0.717, 1.165) is 22.2 Å². The van der Waals surface area contributed by atoms with E-state index < -0.39 is 5.60 Å². The fourth-order valence-corrected chi connectivity index (χ4v) is 2.80. The highest BCUT2D eigenvalue weighted by Gasteiger charge is 2.44. The molecule has 1 heterocycles. The molecule has 1 aliphatic rings. The summed E-state index contributed by atoms with van der Waals surface area (Å²) in [5.74, 6) is 0. The van der Waals surface area contributed by atoms with E-state index in [0.29, 0.717) is 19.4 Å². The van der Waals surface area contributed by atoms with Crippen LogP contribution in [0.3, 0.4) is 0 Å². The molecule has 19 heavy (non-hydrogen) atoms. The number of hydrogen-bond acceptors (Lipinski definition) is 3. The van der Waals surface area contributed by atoms with Crippen molar-refractivity contribution >= 4 is 10.9 Å². The molecule has 0 radical (unpaired) electrons. The molecule has 1 aromatic heterocycles. The van der Waals surface area contributed by atoms with Crippen molar-refractivity contribution in [2.45, 2.75) is 38.4 Å². The van der Waals surface area contributed by atoms with E-state index in [1.54, 1.807) is 0 Å². The molecule has 3 rings (SSSR count). The molecule has 1 saturated carbocycles. The van der Waals surface area contributed by atoms with Crippen LogP contribution >= 0.6 is 0 Å². The Bertz CT molecular complexity index is 603. The topological polar surface area (TPSA) is 42.4 Å². The zero-order valence-electron chi connectivity index (χ0n) is 11.4. The van der Waals surface area contributed by atoms with Crippen molar-refractivity contribution in [2.24, 2.45) is 0 Å². The van der Waals surface area contributed by atoms with Crippen LogP contribution in [0.1, 0.15) is 31.0 Å². The number of aryl methyl sites for hydroxylation is 1. The summed E-state index contributed by atoms with van der Waals surface area (Å²) in [4.78, 5) is 4.48. The average Bonchev–Trinajstić information content (AvgIpc) is 2.36. The van der Waals surface area contributed by atoms with E-state index in [2.05, 4.69) is 11.1 Å². The maximum absolute atomic E-state index is 10.6. The van der Waals surface area contributed by atoms with Gasteiger partial charge >= 0.3 is 0 Å². The summed E-state index contributed by atoms with van der Waals surface area (Å²) in [6, 6.07) is 10.1. The molecule has 1 fully saturated rings. The predicted molar refractivity (Wildman–Crippen MR) is 75.0 cm³/mol. The lowest BCUT2D eigenvalue weighted by Gasteiger charge is -2.43. The van der Waals surface area contributed by atoms with Crippen LogP contribution in [-0.2, 0) is 10.3 Å². The molecular weight excluding hydrogens is 238 g/mol. The Balaban J connectivity index is 1.88. The second kappa shape index (κ2) is 4.58. The maximum Gasteiger partial charge on any atom is 0.0946 e. The summed E-state index contributed by atoms with van der Waals surface area (Å²) in [5.41, 5.74) is 2.24. The smallest absolute Gasteiger partial charge is 0.0946 e. The van der Waals surface area contributed by atoms with Gasteiger partial charge in [0.25, 0.3) is 0 Å². The number of nitrogens with zero attached hydrogens (tertiary/aromatic N) is 1. The molecule has 0 bridgehead atoms. The van der Waals surface area contributed by atoms with Crippen molar-refractivity contribution in [2.75, 3.05) is 6.61 Å². The standard InChI is InChI=1S/C16H19NO2/c1-3-19-14-9-16(18,10-14)13-6-7-15-12(8-13)5-4-11(2)17-15/h4-8,14,18H,3,9-10H2,1-2H3. The van der Waals surface area contributed by atoms with Crippen LogP contribution in [0.2, 0.25) is 0 Å². The first-order valence-electron chi connectivity index (χ1n) is 6.82. The van der Waals surface area contributed by atoms with E-state index in [1.165, 1.54) is 0 Å². The molecule has 1 aliphatic carbocycles. The number of ether oxygens (including phenoxy) is 1. The number of fused-ring (bicyclic) bond motifs is 1. The Hall–Kier alpha value is -1.45. The number of benzene rings is 1. The van der Waals surface area contributed by atoms with Gasteiger partial charge in [0.05, 0.1) is 17.2 Å². The zero-order chi connectivity index (χ0) is 13.5. The van der Waals surface area contributed by atoms with E-state index in [-0.39, 0.29) is 6.10 Å². The molecule has 2 aromatic rings. The number of pyridine rings is 1. The Morgan fingerprint density at radius 2 is 2.11 bits per heavy atom. The summed E-state index contributed by atoms with van der Waals surface area (Å²) < 4.78 is 5.53. The fraction of sp³-hybridized carbons (Fsp3) is 0.438. The predicted octanol–water partition coefficient (Wildman–Crippen LogP) is 2.93. The highest BCUT2D eigenvalue weighted by Crippen LogP contribution is 2.43. The van der Waals surface area contributed by atoms with Gasteiger partial charge in [-0.25, -0.2) is 0 Å². The van der Waals surface area contributed by atoms with Crippen molar-refractivity contribution in [3.8, 4) is 0 Å². The minimum absolute atomic E-state index is 0.196. The minimum Gasteiger partial charge on any atom is -0.385 e. The van der Waals surface area contributed by atoms with Crippen molar-refractivity contribution in [1.82, 2.24) is 4.98 Å². The van der Waals surface area contributed by atoms with Gasteiger partial charge in [-0.3, -0.25) is 4.98 Å². The van der Waals surface area contributed by atoms with Gasteiger partial charge < -0.3 is 9.84 Å². The van der Waals surface area contributed by atoms with Gasteiger partial charge in [0, 0.05) is 30.5 Å². The summed E-state index contributed by atoms with van der Waals surface area (Å²) in [5, 5.41) is 11.7. The Morgan fingerprint density at radius 3 is 2.84 bits per heavy atom. The first kappa shape index (κ1) is 12.6. The average molecular weight is 257 g/mol. The lowest BCUT2D eigenvalue weighted by atomic mass is 9.72. The molecule has 3 heteroatoms. The second-order valence-electron chi connectivity index (χ2n) is 5.38. The van der Waals surface area contributed by atoms with Crippen LogP contribution in [0.25, 0.3) is 10.9 Å². The fourth-order valence-electron chi connectivity index (χ4n) is 2.80. The third-order valence-corrected chi connectivity index (χ3v) is 3.90. The molecule has 0 amide bonds. The molecule has 1 N–H and O–H groups in total. The van der Waals surface area contributed by atoms with Gasteiger partial charge in [-0.1, -0.05) is 12.1 Å². The lowest BCUT2D eigenvalue weighted by Crippen LogP contribution is -2.45. The first-order valence-corrected chi connectivity index (χ1v) is 6.82. The van der Waals surface area contributed by atoms with Gasteiger partial charge in [0.15, 0.2) is 0 Å². The van der Waals surface area contributed by atoms with Crippen LogP contribution in [0, 0.1) is 6.92 Å². The Kier molecular flexibility index (Phi) is 3.03. The largest absolute Gasteiger partial charge is 0.385 e. The first-order chi connectivity index (χ1) is 9.10. The molecular formula is C16H19NO2. The normalized spacial score (nSPS) is 26.4. The highest BCUT2D eigenvalue weighted by atomic mass is 16.5. The van der Waals surface area contributed by atoms with Crippen LogP contribution < -0.4 is 0 Å². The van der Waals surface area contributed by atoms with Gasteiger partial charge in [0.2, 0.25) is 0 Å². The summed E-state index contributed by atoms with van der Waals surface area (Å²) in [6.07, 6.45) is 1.57. The summed E-state index contributed by atoms with van der Waals surface area (Å²) >= 11 is 0. The van der Waals surface area contributed by atoms with E-state index in [1.807, 2.05) is 38.1 Å². The Labute approximate surface area is 113 Å². The molecule has 0 aliphatic heterocycles. The molecule has 1 aromatic carbocycles. The van der Waals surface area contributed by atoms with Crippen LogP contribution in [0.5, 0.6) is 0 Å². The second-order valence-corrected chi connectivity index (χ2v) is 5.38. The number of aromatic nitrogens is 1. The van der Waals surface area contributed by atoms with E-state index in [9.17, 15) is 5.11 Å². The van der Waals surface area contributed by atoms with Gasteiger partial charge in [-0.2, -0.15) is 0 Å². The minimum atomic E-state index is -0.723. The maximum atomic E-state index is 10.6. The van der Waals surface area contributed by atoms with Gasteiger partial charge in [-0.15, -0.1) is 0 Å². The molecule has 0 spiro atoms. The van der Waals surface area contributed by atoms with Crippen LogP contribution in [-0.4, -0.2) is 22.8 Å². The molecule has 3 nitrogen and oxygen atoms in total. The van der Waals surface area contributed by atoms with Crippen molar-refractivity contribution in [1.29, 1.82) is 0 Å². The highest BCUT2D eigenvalue weighted by molar-refractivity contribution is 5.79. The summed E-state index contributed by atoms with van der Waals surface area (Å²) in [6.45, 7) is 4.68. The van der Waals surface area contributed by atoms with E-state index >= 15 is 0 Å². The van der Waals surface area contributed by atoms with Crippen LogP contribution in [0.4, 0.5) is 0 Å². The SMILES string of the molecule is CCOC1CC(O)(c2ccc3nc(C)ccc3c2)C1. The number of rotatable bonds is 3. The zero-order valence-corrected chi connectivity index (χ0v) is 11.4. The van der Waals surface area contributed by atoms with Crippen LogP contribution in [0.15, 0.2) is 30.3 Å². The number of hydrogen-bond donors (Lipinski definition) is 1. The van der Waals surface area contributed by atoms with E-state index in [4.69, 9.17) is 4.74 Å². The lowest BCUT2D eigenvalue weighted by molar-refractivity contribution is -0.142. The molecule has 0 unspecified atom stereocenters. The quantitative estimate of drug-likeness (QED) is 0.919.